The number of likely N-dealkylation sites (tertiary alicyclic amines) is 1. The van der Waals surface area contributed by atoms with Gasteiger partial charge >= 0.3 is 0 Å². The van der Waals surface area contributed by atoms with Crippen molar-refractivity contribution >= 4 is 5.91 Å². The van der Waals surface area contributed by atoms with Gasteiger partial charge in [-0.25, -0.2) is 0 Å². The van der Waals surface area contributed by atoms with E-state index >= 15 is 0 Å². The summed E-state index contributed by atoms with van der Waals surface area (Å²) in [7, 11) is 0. The lowest BCUT2D eigenvalue weighted by molar-refractivity contribution is 0.0532. The number of nitrogens with zero attached hydrogens (tertiary/aromatic N) is 1. The molecule has 0 aliphatic carbocycles. The van der Waals surface area contributed by atoms with Gasteiger partial charge in [0.05, 0.1) is 6.61 Å². The molecule has 0 bridgehead atoms. The van der Waals surface area contributed by atoms with Gasteiger partial charge in [0.2, 0.25) is 0 Å². The molecule has 2 aliphatic heterocycles. The number of nitrogens with two attached hydrogens (primary N) is 1. The van der Waals surface area contributed by atoms with Crippen molar-refractivity contribution in [3.05, 3.63) is 29.3 Å². The Kier molecular flexibility index (Phi) is 3.66. The number of carbonyl (C=O) groups excluding carboxylic acids is 1. The van der Waals surface area contributed by atoms with Gasteiger partial charge < -0.3 is 15.4 Å². The normalized spacial score (nSPS) is 25.2. The molecule has 2 aliphatic rings. The Labute approximate surface area is 119 Å². The summed E-state index contributed by atoms with van der Waals surface area (Å²) in [4.78, 5) is 14.7. The smallest absolute Gasteiger partial charge is 0.254 e. The van der Waals surface area contributed by atoms with E-state index in [1.165, 1.54) is 0 Å². The van der Waals surface area contributed by atoms with Crippen LogP contribution in [0.15, 0.2) is 18.2 Å². The van der Waals surface area contributed by atoms with Crippen LogP contribution in [0.1, 0.15) is 35.7 Å². The Morgan fingerprint density at radius 3 is 3.15 bits per heavy atom. The summed E-state index contributed by atoms with van der Waals surface area (Å²) in [6.45, 7) is 4.27. The Morgan fingerprint density at radius 1 is 1.50 bits per heavy atom. The van der Waals surface area contributed by atoms with Crippen molar-refractivity contribution in [1.29, 1.82) is 0 Å². The third kappa shape index (κ3) is 2.29. The molecule has 0 saturated carbocycles. The second-order valence-corrected chi connectivity index (χ2v) is 5.84. The molecule has 1 fully saturated rings. The van der Waals surface area contributed by atoms with Gasteiger partial charge in [0.15, 0.2) is 0 Å². The molecule has 20 heavy (non-hydrogen) atoms. The number of fused-ring (bicyclic) bond motifs is 1. The molecule has 0 radical (unpaired) electrons. The van der Waals surface area contributed by atoms with Crippen molar-refractivity contribution in [2.45, 2.75) is 32.2 Å². The Balaban J connectivity index is 1.84. The van der Waals surface area contributed by atoms with Crippen LogP contribution in [0.3, 0.4) is 0 Å². The summed E-state index contributed by atoms with van der Waals surface area (Å²) in [5, 5.41) is 0. The number of hydrogen-bond donors (Lipinski definition) is 1. The van der Waals surface area contributed by atoms with Crippen LogP contribution in [0.25, 0.3) is 0 Å². The molecule has 2 heterocycles. The molecule has 2 N–H and O–H groups in total. The highest BCUT2D eigenvalue weighted by molar-refractivity contribution is 5.95. The first-order valence-electron chi connectivity index (χ1n) is 7.47. The van der Waals surface area contributed by atoms with Crippen LogP contribution in [0.2, 0.25) is 0 Å². The van der Waals surface area contributed by atoms with Crippen molar-refractivity contribution in [2.75, 3.05) is 19.7 Å². The first-order valence-corrected chi connectivity index (χ1v) is 7.47. The predicted octanol–water partition coefficient (Wildman–Crippen LogP) is 1.82. The Morgan fingerprint density at radius 2 is 2.35 bits per heavy atom. The lowest BCUT2D eigenvalue weighted by Gasteiger charge is -2.39. The van der Waals surface area contributed by atoms with E-state index in [0.717, 1.165) is 49.3 Å². The van der Waals surface area contributed by atoms with Crippen molar-refractivity contribution in [3.8, 4) is 5.75 Å². The average Bonchev–Trinajstić information content (AvgIpc) is 2.93. The second-order valence-electron chi connectivity index (χ2n) is 5.84. The van der Waals surface area contributed by atoms with Gasteiger partial charge in [-0.2, -0.15) is 0 Å². The maximum absolute atomic E-state index is 12.7. The lowest BCUT2D eigenvalue weighted by atomic mass is 9.90. The highest BCUT2D eigenvalue weighted by Gasteiger charge is 2.31. The largest absolute Gasteiger partial charge is 0.493 e. The van der Waals surface area contributed by atoms with Crippen LogP contribution in [-0.4, -0.2) is 36.5 Å². The second kappa shape index (κ2) is 5.44. The van der Waals surface area contributed by atoms with Gasteiger partial charge in [0, 0.05) is 31.1 Å². The van der Waals surface area contributed by atoms with E-state index in [0.29, 0.717) is 12.5 Å². The molecular formula is C16H22N2O2. The summed E-state index contributed by atoms with van der Waals surface area (Å²) >= 11 is 0. The Hall–Kier alpha value is -1.55. The zero-order valence-corrected chi connectivity index (χ0v) is 12.0. The van der Waals surface area contributed by atoms with Gasteiger partial charge in [-0.1, -0.05) is 6.92 Å². The van der Waals surface area contributed by atoms with Crippen LogP contribution in [0.5, 0.6) is 5.75 Å². The maximum Gasteiger partial charge on any atom is 0.254 e. The van der Waals surface area contributed by atoms with Crippen molar-refractivity contribution < 1.29 is 9.53 Å². The van der Waals surface area contributed by atoms with Gasteiger partial charge in [-0.05, 0) is 42.5 Å². The molecule has 3 rings (SSSR count). The van der Waals surface area contributed by atoms with E-state index in [1.807, 2.05) is 23.1 Å². The number of carbonyl (C=O) groups is 1. The quantitative estimate of drug-likeness (QED) is 0.895. The van der Waals surface area contributed by atoms with Crippen LogP contribution >= 0.6 is 0 Å². The fraction of sp³-hybridized carbons (Fsp3) is 0.562. The number of benzene rings is 1. The van der Waals surface area contributed by atoms with Crippen molar-refractivity contribution in [2.24, 2.45) is 11.7 Å². The van der Waals surface area contributed by atoms with Crippen LogP contribution in [0.4, 0.5) is 0 Å². The molecular weight excluding hydrogens is 252 g/mol. The van der Waals surface area contributed by atoms with Crippen LogP contribution in [-0.2, 0) is 6.42 Å². The molecule has 0 aromatic heterocycles. The average molecular weight is 274 g/mol. The highest BCUT2D eigenvalue weighted by atomic mass is 16.5. The summed E-state index contributed by atoms with van der Waals surface area (Å²) in [5.41, 5.74) is 7.79. The van der Waals surface area contributed by atoms with Crippen molar-refractivity contribution in [3.63, 3.8) is 0 Å². The van der Waals surface area contributed by atoms with Crippen LogP contribution in [0, 0.1) is 5.92 Å². The topological polar surface area (TPSA) is 55.6 Å². The molecule has 108 valence electrons. The first kappa shape index (κ1) is 13.4. The molecule has 2 atom stereocenters. The third-order valence-corrected chi connectivity index (χ3v) is 4.55. The van der Waals surface area contributed by atoms with Gasteiger partial charge in [0.25, 0.3) is 5.91 Å². The lowest BCUT2D eigenvalue weighted by Crippen LogP contribution is -2.51. The van der Waals surface area contributed by atoms with Gasteiger partial charge in [-0.3, -0.25) is 4.79 Å². The van der Waals surface area contributed by atoms with E-state index < -0.39 is 0 Å². The minimum absolute atomic E-state index is 0.113. The van der Waals surface area contributed by atoms with Gasteiger partial charge in [0.1, 0.15) is 5.75 Å². The first-order chi connectivity index (χ1) is 9.70. The number of hydrogen-bond acceptors (Lipinski definition) is 3. The maximum atomic E-state index is 12.7. The molecule has 4 heteroatoms. The molecule has 1 aromatic carbocycles. The monoisotopic (exact) mass is 274 g/mol. The highest BCUT2D eigenvalue weighted by Crippen LogP contribution is 2.28. The standard InChI is InChI=1S/C16H22N2O2/c1-11-3-2-7-18(14(11)10-17)16(19)13-4-5-15-12(9-13)6-8-20-15/h4-5,9,11,14H,2-3,6-8,10,17H2,1H3. The van der Waals surface area contributed by atoms with E-state index in [1.54, 1.807) is 0 Å². The summed E-state index contributed by atoms with van der Waals surface area (Å²) < 4.78 is 5.49. The van der Waals surface area contributed by atoms with Gasteiger partial charge in [-0.15, -0.1) is 0 Å². The Bertz CT molecular complexity index is 515. The summed E-state index contributed by atoms with van der Waals surface area (Å²) in [5.74, 6) is 1.51. The van der Waals surface area contributed by atoms with Crippen LogP contribution < -0.4 is 10.5 Å². The molecule has 2 unspecified atom stereocenters. The van der Waals surface area contributed by atoms with E-state index in [-0.39, 0.29) is 11.9 Å². The fourth-order valence-corrected chi connectivity index (χ4v) is 3.35. The zero-order chi connectivity index (χ0) is 14.1. The zero-order valence-electron chi connectivity index (χ0n) is 12.0. The van der Waals surface area contributed by atoms with E-state index in [2.05, 4.69) is 6.92 Å². The molecule has 1 amide bonds. The number of ether oxygens (including phenoxy) is 1. The number of amides is 1. The molecule has 4 nitrogen and oxygen atoms in total. The molecule has 1 aromatic rings. The van der Waals surface area contributed by atoms with E-state index in [4.69, 9.17) is 10.5 Å². The van der Waals surface area contributed by atoms with Crippen molar-refractivity contribution in [1.82, 2.24) is 4.90 Å². The SMILES string of the molecule is CC1CCCN(C(=O)c2ccc3c(c2)CCO3)C1CN. The number of piperidine rings is 1. The summed E-state index contributed by atoms with van der Waals surface area (Å²) in [6.07, 6.45) is 3.12. The fourth-order valence-electron chi connectivity index (χ4n) is 3.35. The third-order valence-electron chi connectivity index (χ3n) is 4.55. The molecule has 0 spiro atoms. The summed E-state index contributed by atoms with van der Waals surface area (Å²) in [6, 6.07) is 5.94. The van der Waals surface area contributed by atoms with E-state index in [9.17, 15) is 4.79 Å². The predicted molar refractivity (Wildman–Crippen MR) is 77.9 cm³/mol. The minimum Gasteiger partial charge on any atom is -0.493 e. The minimum atomic E-state index is 0.113. The number of rotatable bonds is 2. The molecule has 1 saturated heterocycles.